The molecule has 0 spiro atoms. The summed E-state index contributed by atoms with van der Waals surface area (Å²) in [5.74, 6) is 6.08. The van der Waals surface area contributed by atoms with Crippen LogP contribution in [0.2, 0.25) is 0 Å². The number of hydrogen-bond donors (Lipinski definition) is 1. The van der Waals surface area contributed by atoms with Gasteiger partial charge in [0.15, 0.2) is 5.82 Å². The van der Waals surface area contributed by atoms with Crippen LogP contribution in [0.4, 0.5) is 14.5 Å². The summed E-state index contributed by atoms with van der Waals surface area (Å²) in [5, 5.41) is 15.5. The molecule has 11 heteroatoms. The number of nitrogens with zero attached hydrogens (tertiary/aromatic N) is 7. The van der Waals surface area contributed by atoms with Crippen molar-refractivity contribution in [2.24, 2.45) is 15.9 Å². The van der Waals surface area contributed by atoms with E-state index in [4.69, 9.17) is 10.6 Å². The molecular formula is C17H16F2N8O. The molecule has 3 aromatic rings. The number of ether oxygens (including phenoxy) is 1. The van der Waals surface area contributed by atoms with Gasteiger partial charge >= 0.3 is 0 Å². The van der Waals surface area contributed by atoms with E-state index in [0.29, 0.717) is 22.9 Å². The molecule has 3 rings (SSSR count). The van der Waals surface area contributed by atoms with Crippen LogP contribution in [0.5, 0.6) is 5.88 Å². The Bertz CT molecular complexity index is 954. The number of benzene rings is 1. The van der Waals surface area contributed by atoms with E-state index in [1.807, 2.05) is 0 Å². The molecule has 0 saturated heterocycles. The SMILES string of the molecule is CC(=NN)C(COc1ccc(-n2cncn2)nn1)=Nc1ccc(C(F)F)cc1. The van der Waals surface area contributed by atoms with Gasteiger partial charge < -0.3 is 10.6 Å². The van der Waals surface area contributed by atoms with Crippen molar-refractivity contribution in [3.05, 3.63) is 54.6 Å². The first-order valence-corrected chi connectivity index (χ1v) is 8.09. The van der Waals surface area contributed by atoms with Crippen LogP contribution < -0.4 is 10.6 Å². The summed E-state index contributed by atoms with van der Waals surface area (Å²) in [7, 11) is 0. The van der Waals surface area contributed by atoms with Crippen LogP contribution in [0, 0.1) is 0 Å². The number of hydrogen-bond acceptors (Lipinski definition) is 8. The van der Waals surface area contributed by atoms with Gasteiger partial charge in [-0.3, -0.25) is 0 Å². The fraction of sp³-hybridized carbons (Fsp3) is 0.176. The molecule has 0 bridgehead atoms. The zero-order valence-corrected chi connectivity index (χ0v) is 14.8. The fourth-order valence-electron chi connectivity index (χ4n) is 2.12. The predicted molar refractivity (Wildman–Crippen MR) is 98.2 cm³/mol. The van der Waals surface area contributed by atoms with E-state index in [9.17, 15) is 8.78 Å². The normalized spacial score (nSPS) is 12.4. The molecule has 0 aliphatic rings. The molecule has 0 radical (unpaired) electrons. The van der Waals surface area contributed by atoms with Crippen LogP contribution in [0.1, 0.15) is 18.9 Å². The summed E-state index contributed by atoms with van der Waals surface area (Å²) in [6.45, 7) is 1.68. The van der Waals surface area contributed by atoms with Gasteiger partial charge in [-0.1, -0.05) is 12.1 Å². The number of aliphatic imine (C=N–C) groups is 1. The quantitative estimate of drug-likeness (QED) is 0.379. The minimum Gasteiger partial charge on any atom is -0.470 e. The van der Waals surface area contributed by atoms with E-state index in [1.54, 1.807) is 19.1 Å². The van der Waals surface area contributed by atoms with E-state index < -0.39 is 6.43 Å². The van der Waals surface area contributed by atoms with Gasteiger partial charge in [-0.05, 0) is 25.1 Å². The average molecular weight is 386 g/mol. The van der Waals surface area contributed by atoms with Crippen LogP contribution in [-0.2, 0) is 0 Å². The third kappa shape index (κ3) is 4.69. The highest BCUT2D eigenvalue weighted by Crippen LogP contribution is 2.22. The van der Waals surface area contributed by atoms with Crippen molar-refractivity contribution in [2.75, 3.05) is 6.61 Å². The van der Waals surface area contributed by atoms with Crippen LogP contribution in [0.3, 0.4) is 0 Å². The van der Waals surface area contributed by atoms with Crippen LogP contribution in [0.25, 0.3) is 5.82 Å². The first-order chi connectivity index (χ1) is 13.6. The van der Waals surface area contributed by atoms with E-state index in [0.717, 1.165) is 0 Å². The van der Waals surface area contributed by atoms with Crippen molar-refractivity contribution in [3.8, 4) is 11.7 Å². The number of aromatic nitrogens is 5. The van der Waals surface area contributed by atoms with Gasteiger partial charge in [0.2, 0.25) is 5.88 Å². The zero-order valence-electron chi connectivity index (χ0n) is 14.8. The van der Waals surface area contributed by atoms with Gasteiger partial charge in [-0.2, -0.15) is 10.2 Å². The van der Waals surface area contributed by atoms with Crippen LogP contribution in [-0.4, -0.2) is 43.0 Å². The summed E-state index contributed by atoms with van der Waals surface area (Å²) >= 11 is 0. The van der Waals surface area contributed by atoms with E-state index in [2.05, 4.69) is 30.4 Å². The molecular weight excluding hydrogens is 370 g/mol. The van der Waals surface area contributed by atoms with Gasteiger partial charge in [0.25, 0.3) is 6.43 Å². The Labute approximate surface area is 158 Å². The summed E-state index contributed by atoms with van der Waals surface area (Å²) in [6, 6.07) is 8.88. The number of rotatable bonds is 7. The summed E-state index contributed by atoms with van der Waals surface area (Å²) in [6.07, 6.45) is 0.347. The van der Waals surface area contributed by atoms with Gasteiger partial charge in [0.05, 0.1) is 11.4 Å². The van der Waals surface area contributed by atoms with Gasteiger partial charge in [0.1, 0.15) is 25.0 Å². The first kappa shape index (κ1) is 19.0. The second-order valence-electron chi connectivity index (χ2n) is 5.52. The molecule has 0 saturated carbocycles. The third-order valence-corrected chi connectivity index (χ3v) is 3.66. The predicted octanol–water partition coefficient (Wildman–Crippen LogP) is 2.48. The molecule has 0 aliphatic heterocycles. The molecule has 9 nitrogen and oxygen atoms in total. The second-order valence-corrected chi connectivity index (χ2v) is 5.52. The molecule has 0 unspecified atom stereocenters. The lowest BCUT2D eigenvalue weighted by molar-refractivity contribution is 0.151. The minimum atomic E-state index is -2.53. The van der Waals surface area contributed by atoms with Gasteiger partial charge in [-0.15, -0.1) is 10.2 Å². The molecule has 144 valence electrons. The highest BCUT2D eigenvalue weighted by Gasteiger charge is 2.10. The lowest BCUT2D eigenvalue weighted by atomic mass is 10.2. The molecule has 2 N–H and O–H groups in total. The van der Waals surface area contributed by atoms with Crippen molar-refractivity contribution in [1.82, 2.24) is 25.0 Å². The largest absolute Gasteiger partial charge is 0.470 e. The van der Waals surface area contributed by atoms with Crippen molar-refractivity contribution in [2.45, 2.75) is 13.3 Å². The van der Waals surface area contributed by atoms with Crippen LogP contribution >= 0.6 is 0 Å². The first-order valence-electron chi connectivity index (χ1n) is 8.09. The van der Waals surface area contributed by atoms with Crippen molar-refractivity contribution in [1.29, 1.82) is 0 Å². The van der Waals surface area contributed by atoms with Crippen LogP contribution in [0.15, 0.2) is 59.1 Å². The van der Waals surface area contributed by atoms with E-state index in [-0.39, 0.29) is 18.1 Å². The maximum absolute atomic E-state index is 12.7. The average Bonchev–Trinajstić information content (AvgIpc) is 3.26. The fourth-order valence-corrected chi connectivity index (χ4v) is 2.12. The summed E-state index contributed by atoms with van der Waals surface area (Å²) in [4.78, 5) is 8.20. The standard InChI is InChI=1S/C17H16F2N8O/c1-11(24-20)14(23-13-4-2-12(3-5-13)17(18)19)8-28-16-7-6-15(25-26-16)27-10-21-9-22-27/h2-7,9-10,17H,8,20H2,1H3. The highest BCUT2D eigenvalue weighted by atomic mass is 19.3. The topological polar surface area (TPSA) is 116 Å². The lowest BCUT2D eigenvalue weighted by Gasteiger charge is -2.08. The molecule has 0 aliphatic carbocycles. The summed E-state index contributed by atoms with van der Waals surface area (Å²) in [5.41, 5.74) is 1.25. The Hall–Kier alpha value is -3.76. The summed E-state index contributed by atoms with van der Waals surface area (Å²) < 4.78 is 32.4. The molecule has 0 amide bonds. The maximum atomic E-state index is 12.7. The Kier molecular flexibility index (Phi) is 5.94. The minimum absolute atomic E-state index is 0.0144. The van der Waals surface area contributed by atoms with E-state index >= 15 is 0 Å². The Morgan fingerprint density at radius 2 is 1.96 bits per heavy atom. The zero-order chi connectivity index (χ0) is 19.9. The smallest absolute Gasteiger partial charge is 0.263 e. The monoisotopic (exact) mass is 386 g/mol. The number of halogens is 2. The van der Waals surface area contributed by atoms with Crippen molar-refractivity contribution >= 4 is 17.1 Å². The molecule has 2 aromatic heterocycles. The number of nitrogens with two attached hydrogens (primary N) is 1. The third-order valence-electron chi connectivity index (χ3n) is 3.66. The highest BCUT2D eigenvalue weighted by molar-refractivity contribution is 6.42. The molecule has 2 heterocycles. The van der Waals surface area contributed by atoms with Crippen molar-refractivity contribution in [3.63, 3.8) is 0 Å². The molecule has 0 atom stereocenters. The molecule has 28 heavy (non-hydrogen) atoms. The molecule has 1 aromatic carbocycles. The second kappa shape index (κ2) is 8.75. The van der Waals surface area contributed by atoms with E-state index in [1.165, 1.54) is 41.6 Å². The molecule has 0 fully saturated rings. The van der Waals surface area contributed by atoms with Gasteiger partial charge in [0, 0.05) is 11.6 Å². The lowest BCUT2D eigenvalue weighted by Crippen LogP contribution is -2.21. The number of alkyl halides is 2. The van der Waals surface area contributed by atoms with Crippen molar-refractivity contribution < 1.29 is 13.5 Å². The van der Waals surface area contributed by atoms with Gasteiger partial charge in [-0.25, -0.2) is 23.4 Å². The number of hydrazone groups is 1. The Morgan fingerprint density at radius 1 is 1.18 bits per heavy atom. The Morgan fingerprint density at radius 3 is 2.54 bits per heavy atom. The maximum Gasteiger partial charge on any atom is 0.263 e. The Balaban J connectivity index is 1.72.